The van der Waals surface area contributed by atoms with E-state index in [0.29, 0.717) is 0 Å². The van der Waals surface area contributed by atoms with Gasteiger partial charge in [0.05, 0.1) is 6.61 Å². The average Bonchev–Trinajstić information content (AvgIpc) is 2.89. The number of aliphatic hydroxyl groups excluding tert-OH is 2. The van der Waals surface area contributed by atoms with Crippen LogP contribution in [0.3, 0.4) is 0 Å². The quantitative estimate of drug-likeness (QED) is 0.504. The molecule has 5 N–H and O–H groups in total. The van der Waals surface area contributed by atoms with Gasteiger partial charge in [0.15, 0.2) is 28.3 Å². The van der Waals surface area contributed by atoms with E-state index >= 15 is 0 Å². The van der Waals surface area contributed by atoms with Crippen LogP contribution in [-0.2, 0) is 4.74 Å². The number of H-pyrrole nitrogens is 1. The van der Waals surface area contributed by atoms with Gasteiger partial charge >= 0.3 is 0 Å². The Kier molecular flexibility index (Phi) is 3.43. The van der Waals surface area contributed by atoms with Gasteiger partial charge in [-0.25, -0.2) is 9.37 Å². The molecule has 0 aliphatic carbocycles. The number of nitrogens with one attached hydrogen (secondary N) is 1. The number of aliphatic hydroxyl groups is 2. The summed E-state index contributed by atoms with van der Waals surface area (Å²) in [5.41, 5.74) is 4.91. The van der Waals surface area contributed by atoms with Crippen LogP contribution in [0.2, 0.25) is 0 Å². The maximum Gasteiger partial charge on any atom is 0.280 e. The summed E-state index contributed by atoms with van der Waals surface area (Å²) in [5, 5.41) is 19.0. The zero-order chi connectivity index (χ0) is 15.3. The van der Waals surface area contributed by atoms with E-state index in [0.717, 1.165) is 0 Å². The lowest BCUT2D eigenvalue weighted by Gasteiger charge is -2.17. The fraction of sp³-hybridized carbons (Fsp3) is 0.500. The Bertz CT molecular complexity index is 749. The molecule has 21 heavy (non-hydrogen) atoms. The second-order valence-corrected chi connectivity index (χ2v) is 5.27. The molecule has 3 rings (SSSR count). The van der Waals surface area contributed by atoms with Crippen molar-refractivity contribution in [2.75, 3.05) is 12.3 Å². The summed E-state index contributed by atoms with van der Waals surface area (Å²) in [6.07, 6.45) is -5.68. The Hall–Kier alpha value is -1.56. The molecule has 1 saturated heterocycles. The number of nitrogen functional groups attached to an aromatic ring is 1. The van der Waals surface area contributed by atoms with Crippen molar-refractivity contribution < 1.29 is 19.3 Å². The molecule has 0 aromatic carbocycles. The van der Waals surface area contributed by atoms with Gasteiger partial charge in [0, 0.05) is 0 Å². The normalized spacial score (nSPS) is 29.3. The minimum absolute atomic E-state index is 0.0327. The number of ether oxygens (including phenoxy) is 1. The van der Waals surface area contributed by atoms with Crippen LogP contribution < -0.4 is 11.3 Å². The Balaban J connectivity index is 2.17. The number of fused-ring (bicyclic) bond motifs is 1. The van der Waals surface area contributed by atoms with E-state index in [-0.39, 0.29) is 21.8 Å². The molecule has 9 nitrogen and oxygen atoms in total. The fourth-order valence-corrected chi connectivity index (χ4v) is 2.82. The van der Waals surface area contributed by atoms with Crippen molar-refractivity contribution in [1.82, 2.24) is 19.5 Å². The summed E-state index contributed by atoms with van der Waals surface area (Å²) >= 11 is 3.11. The minimum Gasteiger partial charge on any atom is -0.394 e. The lowest BCUT2D eigenvalue weighted by molar-refractivity contribution is -0.0506. The van der Waals surface area contributed by atoms with E-state index in [9.17, 15) is 14.3 Å². The molecule has 3 heterocycles. The summed E-state index contributed by atoms with van der Waals surface area (Å²) in [4.78, 5) is 21.9. The summed E-state index contributed by atoms with van der Waals surface area (Å²) in [5.74, 6) is -0.149. The van der Waals surface area contributed by atoms with Gasteiger partial charge in [-0.3, -0.25) is 14.3 Å². The van der Waals surface area contributed by atoms with E-state index in [1.165, 1.54) is 4.57 Å². The van der Waals surface area contributed by atoms with E-state index in [1.54, 1.807) is 0 Å². The molecule has 0 amide bonds. The van der Waals surface area contributed by atoms with Gasteiger partial charge < -0.3 is 20.7 Å². The molecule has 114 valence electrons. The number of rotatable bonds is 2. The van der Waals surface area contributed by atoms with Crippen molar-refractivity contribution in [3.63, 3.8) is 0 Å². The molecule has 0 spiro atoms. The molecule has 1 aliphatic rings. The highest BCUT2D eigenvalue weighted by molar-refractivity contribution is 9.10. The molecule has 0 saturated carbocycles. The minimum atomic E-state index is -1.77. The summed E-state index contributed by atoms with van der Waals surface area (Å²) < 4.78 is 20.4. The Morgan fingerprint density at radius 3 is 2.86 bits per heavy atom. The third-order valence-corrected chi connectivity index (χ3v) is 3.81. The number of anilines is 1. The lowest BCUT2D eigenvalue weighted by atomic mass is 10.1. The van der Waals surface area contributed by atoms with Crippen molar-refractivity contribution in [3.8, 4) is 0 Å². The van der Waals surface area contributed by atoms with Gasteiger partial charge in [0.2, 0.25) is 5.95 Å². The van der Waals surface area contributed by atoms with Gasteiger partial charge in [-0.15, -0.1) is 0 Å². The molecule has 11 heteroatoms. The van der Waals surface area contributed by atoms with Crippen molar-refractivity contribution in [2.24, 2.45) is 0 Å². The maximum absolute atomic E-state index is 13.8. The number of halogens is 2. The summed E-state index contributed by atoms with van der Waals surface area (Å²) in [6.45, 7) is -0.588. The predicted molar refractivity (Wildman–Crippen MR) is 72.2 cm³/mol. The van der Waals surface area contributed by atoms with Crippen LogP contribution in [0.4, 0.5) is 10.3 Å². The molecule has 0 bridgehead atoms. The number of hydrogen-bond donors (Lipinski definition) is 4. The van der Waals surface area contributed by atoms with Crippen LogP contribution in [0.25, 0.3) is 11.2 Å². The third-order valence-electron chi connectivity index (χ3n) is 3.25. The van der Waals surface area contributed by atoms with Gasteiger partial charge in [-0.1, -0.05) is 0 Å². The number of aromatic nitrogens is 4. The van der Waals surface area contributed by atoms with E-state index in [1.807, 2.05) is 0 Å². The molecule has 1 aliphatic heterocycles. The molecular weight excluding hydrogens is 353 g/mol. The Morgan fingerprint density at radius 1 is 1.52 bits per heavy atom. The van der Waals surface area contributed by atoms with Crippen molar-refractivity contribution >= 4 is 33.0 Å². The number of nitrogens with two attached hydrogens (primary N) is 1. The highest BCUT2D eigenvalue weighted by Gasteiger charge is 2.46. The molecule has 4 atom stereocenters. The molecule has 0 unspecified atom stereocenters. The van der Waals surface area contributed by atoms with Gasteiger partial charge in [-0.2, -0.15) is 4.98 Å². The fourth-order valence-electron chi connectivity index (χ4n) is 2.27. The number of aromatic amines is 1. The zero-order valence-electron chi connectivity index (χ0n) is 10.4. The highest BCUT2D eigenvalue weighted by Crippen LogP contribution is 2.35. The van der Waals surface area contributed by atoms with Crippen molar-refractivity contribution in [1.29, 1.82) is 0 Å². The SMILES string of the molecule is Nc1nc2c(nc(Br)n2[C@@H]2O[C@H](CO)[C@H](F)[C@H]2O)c(=O)[nH]1. The van der Waals surface area contributed by atoms with Crippen LogP contribution in [0.1, 0.15) is 6.23 Å². The van der Waals surface area contributed by atoms with Crippen molar-refractivity contribution in [3.05, 3.63) is 15.1 Å². The smallest absolute Gasteiger partial charge is 0.280 e. The number of hydrogen-bond acceptors (Lipinski definition) is 7. The monoisotopic (exact) mass is 363 g/mol. The Labute approximate surface area is 124 Å². The van der Waals surface area contributed by atoms with Crippen LogP contribution in [0.15, 0.2) is 9.53 Å². The topological polar surface area (TPSA) is 139 Å². The molecule has 2 aromatic rings. The molecule has 2 aromatic heterocycles. The van der Waals surface area contributed by atoms with Crippen LogP contribution in [0.5, 0.6) is 0 Å². The van der Waals surface area contributed by atoms with Crippen LogP contribution in [-0.4, -0.2) is 54.7 Å². The number of imidazole rings is 1. The van der Waals surface area contributed by atoms with Gasteiger partial charge in [0.1, 0.15) is 12.2 Å². The first-order valence-electron chi connectivity index (χ1n) is 5.95. The zero-order valence-corrected chi connectivity index (χ0v) is 12.0. The predicted octanol–water partition coefficient (Wildman–Crippen LogP) is -0.947. The first kappa shape index (κ1) is 14.4. The molecule has 1 fully saturated rings. The van der Waals surface area contributed by atoms with E-state index < -0.39 is 36.8 Å². The average molecular weight is 364 g/mol. The van der Waals surface area contributed by atoms with Crippen LogP contribution >= 0.6 is 15.9 Å². The summed E-state index contributed by atoms with van der Waals surface area (Å²) in [6, 6.07) is 0. The standard InChI is InChI=1S/C10H11BrFN5O4/c11-9-14-4-6(15-10(13)16-7(4)20)17(9)8-5(19)3(12)2(1-18)21-8/h2-3,5,8,18-19H,1H2,(H3,13,15,16,20)/t2-,3+,5-,8-/m1/s1. The second kappa shape index (κ2) is 5.02. The summed E-state index contributed by atoms with van der Waals surface area (Å²) in [7, 11) is 0. The number of nitrogens with zero attached hydrogens (tertiary/aromatic N) is 3. The van der Waals surface area contributed by atoms with Crippen LogP contribution in [0, 0.1) is 0 Å². The highest BCUT2D eigenvalue weighted by atomic mass is 79.9. The number of alkyl halides is 1. The van der Waals surface area contributed by atoms with Gasteiger partial charge in [0.25, 0.3) is 5.56 Å². The Morgan fingerprint density at radius 2 is 2.24 bits per heavy atom. The first-order chi connectivity index (χ1) is 9.93. The van der Waals surface area contributed by atoms with E-state index in [4.69, 9.17) is 15.6 Å². The van der Waals surface area contributed by atoms with E-state index in [2.05, 4.69) is 30.9 Å². The first-order valence-corrected chi connectivity index (χ1v) is 6.75. The van der Waals surface area contributed by atoms with Crippen molar-refractivity contribution in [2.45, 2.75) is 24.6 Å². The lowest BCUT2D eigenvalue weighted by Crippen LogP contribution is -2.29. The van der Waals surface area contributed by atoms with Gasteiger partial charge in [-0.05, 0) is 15.9 Å². The second-order valence-electron chi connectivity index (χ2n) is 4.56. The molecule has 0 radical (unpaired) electrons. The molecular formula is C10H11BrFN5O4. The maximum atomic E-state index is 13.8. The largest absolute Gasteiger partial charge is 0.394 e. The third kappa shape index (κ3) is 2.12.